The number of ether oxygens (including phenoxy) is 1. The Hall–Kier alpha value is -4.18. The number of halogens is 1. The fraction of sp³-hybridized carbons (Fsp3) is 0.120. The molecule has 180 valence electrons. The van der Waals surface area contributed by atoms with Gasteiger partial charge in [0.15, 0.2) is 5.69 Å². The van der Waals surface area contributed by atoms with Crippen LogP contribution in [0.4, 0.5) is 15.8 Å². The van der Waals surface area contributed by atoms with Crippen molar-refractivity contribution in [1.29, 1.82) is 0 Å². The number of amides is 1. The van der Waals surface area contributed by atoms with Crippen molar-refractivity contribution in [1.82, 2.24) is 9.78 Å². The third kappa shape index (κ3) is 5.02. The Balaban J connectivity index is 1.63. The third-order valence-corrected chi connectivity index (χ3v) is 7.13. The highest BCUT2D eigenvalue weighted by molar-refractivity contribution is 7.92. The van der Waals surface area contributed by atoms with Crippen LogP contribution < -0.4 is 14.4 Å². The van der Waals surface area contributed by atoms with Gasteiger partial charge in [-0.2, -0.15) is 5.10 Å². The number of anilines is 2. The summed E-state index contributed by atoms with van der Waals surface area (Å²) in [6.45, 7) is 1.96. The van der Waals surface area contributed by atoms with E-state index in [-0.39, 0.29) is 28.6 Å². The molecule has 1 aromatic heterocycles. The molecule has 0 saturated carbocycles. The molecule has 0 spiro atoms. The van der Waals surface area contributed by atoms with Crippen molar-refractivity contribution < 1.29 is 22.3 Å². The predicted octanol–water partition coefficient (Wildman–Crippen LogP) is 4.49. The van der Waals surface area contributed by atoms with Crippen LogP contribution in [0.2, 0.25) is 0 Å². The lowest BCUT2D eigenvalue weighted by Crippen LogP contribution is -2.30. The number of para-hydroxylation sites is 1. The summed E-state index contributed by atoms with van der Waals surface area (Å²) >= 11 is 0. The van der Waals surface area contributed by atoms with Gasteiger partial charge in [-0.1, -0.05) is 24.3 Å². The van der Waals surface area contributed by atoms with E-state index in [9.17, 15) is 17.6 Å². The lowest BCUT2D eigenvalue weighted by molar-refractivity contribution is 0.102. The molecule has 0 saturated heterocycles. The van der Waals surface area contributed by atoms with Gasteiger partial charge in [0.2, 0.25) is 0 Å². The summed E-state index contributed by atoms with van der Waals surface area (Å²) in [6.07, 6.45) is 1.53. The van der Waals surface area contributed by atoms with E-state index in [1.807, 2.05) is 0 Å². The van der Waals surface area contributed by atoms with Crippen molar-refractivity contribution in [2.24, 2.45) is 0 Å². The van der Waals surface area contributed by atoms with E-state index in [0.717, 1.165) is 0 Å². The van der Waals surface area contributed by atoms with E-state index in [0.29, 0.717) is 11.4 Å². The third-order valence-electron chi connectivity index (χ3n) is 5.23. The second-order valence-electron chi connectivity index (χ2n) is 7.45. The largest absolute Gasteiger partial charge is 0.495 e. The molecule has 1 heterocycles. The van der Waals surface area contributed by atoms with Crippen LogP contribution in [0.1, 0.15) is 17.4 Å². The minimum Gasteiger partial charge on any atom is -0.495 e. The number of rotatable bonds is 8. The minimum atomic E-state index is -3.92. The van der Waals surface area contributed by atoms with Crippen molar-refractivity contribution in [2.75, 3.05) is 23.3 Å². The molecule has 4 rings (SSSR count). The molecule has 0 fully saturated rings. The van der Waals surface area contributed by atoms with Gasteiger partial charge < -0.3 is 10.1 Å². The zero-order valence-corrected chi connectivity index (χ0v) is 19.9. The van der Waals surface area contributed by atoms with Crippen LogP contribution in [0, 0.1) is 5.82 Å². The van der Waals surface area contributed by atoms with Crippen LogP contribution in [0.15, 0.2) is 90.0 Å². The van der Waals surface area contributed by atoms with Gasteiger partial charge in [0.1, 0.15) is 11.6 Å². The normalized spacial score (nSPS) is 11.2. The van der Waals surface area contributed by atoms with Crippen LogP contribution in [0.3, 0.4) is 0 Å². The molecular formula is C25H23FN4O4S. The molecule has 1 N–H and O–H groups in total. The number of carbonyl (C=O) groups is 1. The molecule has 0 aliphatic heterocycles. The molecular weight excluding hydrogens is 471 g/mol. The van der Waals surface area contributed by atoms with Gasteiger partial charge in [0.25, 0.3) is 15.9 Å². The van der Waals surface area contributed by atoms with Gasteiger partial charge in [-0.3, -0.25) is 9.10 Å². The number of sulfonamides is 1. The number of hydrogen-bond acceptors (Lipinski definition) is 5. The second kappa shape index (κ2) is 9.98. The first kappa shape index (κ1) is 24.0. The molecule has 1 amide bonds. The Bertz CT molecular complexity index is 1460. The molecule has 3 aromatic carbocycles. The van der Waals surface area contributed by atoms with Crippen LogP contribution >= 0.6 is 0 Å². The lowest BCUT2D eigenvalue weighted by Gasteiger charge is -2.23. The highest BCUT2D eigenvalue weighted by Crippen LogP contribution is 2.31. The van der Waals surface area contributed by atoms with E-state index in [2.05, 4.69) is 10.4 Å². The zero-order valence-electron chi connectivity index (χ0n) is 19.1. The van der Waals surface area contributed by atoms with Gasteiger partial charge in [0.05, 0.1) is 29.1 Å². The lowest BCUT2D eigenvalue weighted by atomic mass is 10.2. The van der Waals surface area contributed by atoms with Crippen molar-refractivity contribution in [3.63, 3.8) is 0 Å². The zero-order chi connectivity index (χ0) is 25.0. The van der Waals surface area contributed by atoms with E-state index in [1.54, 1.807) is 43.3 Å². The van der Waals surface area contributed by atoms with E-state index in [1.165, 1.54) is 64.8 Å². The smallest absolute Gasteiger partial charge is 0.276 e. The fourth-order valence-electron chi connectivity index (χ4n) is 3.55. The van der Waals surface area contributed by atoms with Crippen LogP contribution in [0.5, 0.6) is 5.75 Å². The summed E-state index contributed by atoms with van der Waals surface area (Å²) < 4.78 is 48.3. The number of hydrogen-bond donors (Lipinski definition) is 1. The van der Waals surface area contributed by atoms with Gasteiger partial charge in [0, 0.05) is 12.7 Å². The van der Waals surface area contributed by atoms with Gasteiger partial charge in [-0.25, -0.2) is 17.5 Å². The monoisotopic (exact) mass is 494 g/mol. The summed E-state index contributed by atoms with van der Waals surface area (Å²) in [6, 6.07) is 20.3. The quantitative estimate of drug-likeness (QED) is 0.390. The van der Waals surface area contributed by atoms with Crippen molar-refractivity contribution in [3.05, 3.63) is 96.6 Å². The fourth-order valence-corrected chi connectivity index (χ4v) is 5.05. The molecule has 35 heavy (non-hydrogen) atoms. The van der Waals surface area contributed by atoms with Crippen molar-refractivity contribution in [2.45, 2.75) is 11.8 Å². The molecule has 4 aromatic rings. The Morgan fingerprint density at radius 3 is 2.51 bits per heavy atom. The average Bonchev–Trinajstić information content (AvgIpc) is 3.36. The Labute approximate surface area is 202 Å². The standard InChI is InChI=1S/C25H23FN4O4S/c1-3-30(19-9-5-4-6-10-19)35(32,33)21-12-13-24(34-2)23(17-21)27-25(31)22-14-15-29(28-22)20-11-7-8-18(26)16-20/h4-17H,3H2,1-2H3,(H,27,31). The average molecular weight is 495 g/mol. The van der Waals surface area contributed by atoms with Crippen LogP contribution in [0.25, 0.3) is 5.69 Å². The van der Waals surface area contributed by atoms with Crippen molar-refractivity contribution in [3.8, 4) is 11.4 Å². The molecule has 0 radical (unpaired) electrons. The number of carbonyl (C=O) groups excluding carboxylic acids is 1. The Morgan fingerprint density at radius 1 is 1.06 bits per heavy atom. The summed E-state index contributed by atoms with van der Waals surface area (Å²) in [4.78, 5) is 12.9. The number of methoxy groups -OCH3 is 1. The Kier molecular flexibility index (Phi) is 6.83. The predicted molar refractivity (Wildman–Crippen MR) is 131 cm³/mol. The first-order chi connectivity index (χ1) is 16.8. The number of nitrogens with one attached hydrogen (secondary N) is 1. The molecule has 0 aliphatic rings. The topological polar surface area (TPSA) is 93.5 Å². The number of benzene rings is 3. The molecule has 0 bridgehead atoms. The summed E-state index contributed by atoms with van der Waals surface area (Å²) in [5.41, 5.74) is 1.21. The maximum Gasteiger partial charge on any atom is 0.276 e. The highest BCUT2D eigenvalue weighted by atomic mass is 32.2. The Morgan fingerprint density at radius 2 is 1.83 bits per heavy atom. The van der Waals surface area contributed by atoms with Crippen LogP contribution in [-0.2, 0) is 10.0 Å². The van der Waals surface area contributed by atoms with Crippen LogP contribution in [-0.4, -0.2) is 37.8 Å². The summed E-state index contributed by atoms with van der Waals surface area (Å²) in [7, 11) is -2.50. The first-order valence-corrected chi connectivity index (χ1v) is 12.2. The SMILES string of the molecule is CCN(c1ccccc1)S(=O)(=O)c1ccc(OC)c(NC(=O)c2ccn(-c3cccc(F)c3)n2)c1. The molecule has 8 nitrogen and oxygen atoms in total. The van der Waals surface area contributed by atoms with E-state index >= 15 is 0 Å². The van der Waals surface area contributed by atoms with E-state index < -0.39 is 21.7 Å². The summed E-state index contributed by atoms with van der Waals surface area (Å²) in [5.74, 6) is -0.726. The minimum absolute atomic E-state index is 0.00964. The van der Waals surface area contributed by atoms with E-state index in [4.69, 9.17) is 4.74 Å². The molecule has 0 unspecified atom stereocenters. The number of nitrogens with zero attached hydrogens (tertiary/aromatic N) is 3. The maximum atomic E-state index is 13.5. The van der Waals surface area contributed by atoms with Gasteiger partial charge in [-0.05, 0) is 61.5 Å². The molecule has 10 heteroatoms. The highest BCUT2D eigenvalue weighted by Gasteiger charge is 2.25. The second-order valence-corrected chi connectivity index (χ2v) is 9.31. The van der Waals surface area contributed by atoms with Gasteiger partial charge >= 0.3 is 0 Å². The molecule has 0 atom stereocenters. The maximum absolute atomic E-state index is 13.5. The van der Waals surface area contributed by atoms with Gasteiger partial charge in [-0.15, -0.1) is 0 Å². The summed E-state index contributed by atoms with van der Waals surface area (Å²) in [5, 5.41) is 6.86. The molecule has 0 aliphatic carbocycles. The first-order valence-electron chi connectivity index (χ1n) is 10.7. The number of aromatic nitrogens is 2. The van der Waals surface area contributed by atoms with Crippen molar-refractivity contribution >= 4 is 27.3 Å².